The molecule has 130 valence electrons. The number of hydrogen-bond donors (Lipinski definition) is 0. The van der Waals surface area contributed by atoms with Gasteiger partial charge in [0.2, 0.25) is 10.0 Å². The lowest BCUT2D eigenvalue weighted by molar-refractivity contribution is 0.0883. The number of nitrogens with zero attached hydrogens (tertiary/aromatic N) is 2. The van der Waals surface area contributed by atoms with E-state index in [1.54, 1.807) is 16.4 Å². The van der Waals surface area contributed by atoms with Gasteiger partial charge in [-0.25, -0.2) is 8.42 Å². The monoisotopic (exact) mass is 348 g/mol. The molecule has 0 amide bonds. The highest BCUT2D eigenvalue weighted by Gasteiger charge is 2.30. The molecule has 0 N–H and O–H groups in total. The zero-order valence-corrected chi connectivity index (χ0v) is 15.1. The lowest BCUT2D eigenvalue weighted by atomic mass is 9.99. The van der Waals surface area contributed by atoms with Crippen LogP contribution in [0.2, 0.25) is 0 Å². The Labute approximate surface area is 143 Å². The van der Waals surface area contributed by atoms with E-state index in [1.165, 1.54) is 0 Å². The topological polar surface area (TPSA) is 59.5 Å². The van der Waals surface area contributed by atoms with Crippen LogP contribution < -0.4 is 0 Å². The highest BCUT2D eigenvalue weighted by Crippen LogP contribution is 2.28. The molecule has 2 heterocycles. The molecule has 1 aliphatic heterocycles. The molecular formula is C18H24N2O3S. The summed E-state index contributed by atoms with van der Waals surface area (Å²) in [4.78, 5) is 4.78. The number of piperidine rings is 1. The minimum absolute atomic E-state index is 0.312. The fourth-order valence-corrected chi connectivity index (χ4v) is 4.79. The molecule has 0 saturated carbocycles. The van der Waals surface area contributed by atoms with Crippen LogP contribution in [-0.2, 0) is 14.8 Å². The molecule has 0 radical (unpaired) electrons. The number of fused-ring (bicyclic) bond motifs is 1. The molecule has 0 aliphatic carbocycles. The summed E-state index contributed by atoms with van der Waals surface area (Å²) >= 11 is 0. The van der Waals surface area contributed by atoms with Gasteiger partial charge in [0.25, 0.3) is 0 Å². The van der Waals surface area contributed by atoms with Crippen LogP contribution >= 0.6 is 0 Å². The molecule has 5 nitrogen and oxygen atoms in total. The smallest absolute Gasteiger partial charge is 0.245 e. The second-order valence-electron chi connectivity index (χ2n) is 6.29. The molecule has 1 fully saturated rings. The quantitative estimate of drug-likeness (QED) is 0.833. The van der Waals surface area contributed by atoms with Gasteiger partial charge in [-0.05, 0) is 44.7 Å². The van der Waals surface area contributed by atoms with E-state index in [0.717, 1.165) is 30.5 Å². The van der Waals surface area contributed by atoms with Gasteiger partial charge >= 0.3 is 0 Å². The van der Waals surface area contributed by atoms with Crippen molar-refractivity contribution in [2.75, 3.05) is 26.3 Å². The van der Waals surface area contributed by atoms with Crippen LogP contribution in [0.25, 0.3) is 10.9 Å². The number of pyridine rings is 1. The molecule has 1 aliphatic rings. The van der Waals surface area contributed by atoms with Gasteiger partial charge in [-0.1, -0.05) is 18.2 Å². The Morgan fingerprint density at radius 3 is 2.67 bits per heavy atom. The highest BCUT2D eigenvalue weighted by atomic mass is 32.2. The Morgan fingerprint density at radius 1 is 1.21 bits per heavy atom. The van der Waals surface area contributed by atoms with Crippen LogP contribution in [-0.4, -0.2) is 44.0 Å². The van der Waals surface area contributed by atoms with E-state index in [0.29, 0.717) is 36.0 Å². The molecular weight excluding hydrogens is 324 g/mol. The number of hydrogen-bond acceptors (Lipinski definition) is 4. The van der Waals surface area contributed by atoms with E-state index in [-0.39, 0.29) is 0 Å². The van der Waals surface area contributed by atoms with Crippen molar-refractivity contribution < 1.29 is 13.2 Å². The van der Waals surface area contributed by atoms with Crippen molar-refractivity contribution in [2.24, 2.45) is 5.92 Å². The standard InChI is InChI=1S/C18H24N2O3S/c1-3-23-13-15-9-11-20(12-10-15)24(21,22)17-6-4-5-16-8-7-14(2)19-18(16)17/h4-8,15H,3,9-13H2,1-2H3. The Morgan fingerprint density at radius 2 is 1.96 bits per heavy atom. The minimum atomic E-state index is -3.52. The van der Waals surface area contributed by atoms with E-state index in [4.69, 9.17) is 4.74 Å². The van der Waals surface area contributed by atoms with Crippen LogP contribution in [0.15, 0.2) is 35.2 Å². The number of aromatic nitrogens is 1. The van der Waals surface area contributed by atoms with E-state index < -0.39 is 10.0 Å². The summed E-state index contributed by atoms with van der Waals surface area (Å²) in [7, 11) is -3.52. The summed E-state index contributed by atoms with van der Waals surface area (Å²) in [6.45, 7) is 6.38. The zero-order valence-electron chi connectivity index (χ0n) is 14.2. The number of ether oxygens (including phenoxy) is 1. The van der Waals surface area contributed by atoms with E-state index >= 15 is 0 Å². The molecule has 1 saturated heterocycles. The third-order valence-electron chi connectivity index (χ3n) is 4.57. The Bertz CT molecular complexity index is 812. The van der Waals surface area contributed by atoms with E-state index in [1.807, 2.05) is 32.0 Å². The molecule has 1 aromatic carbocycles. The molecule has 0 spiro atoms. The summed E-state index contributed by atoms with van der Waals surface area (Å²) in [5, 5.41) is 0.855. The second kappa shape index (κ2) is 7.17. The third kappa shape index (κ3) is 3.45. The minimum Gasteiger partial charge on any atom is -0.381 e. The summed E-state index contributed by atoms with van der Waals surface area (Å²) in [5.74, 6) is 0.448. The molecule has 3 rings (SSSR count). The maximum Gasteiger partial charge on any atom is 0.245 e. The lowest BCUT2D eigenvalue weighted by Crippen LogP contribution is -2.39. The Kier molecular flexibility index (Phi) is 5.18. The van der Waals surface area contributed by atoms with Gasteiger partial charge in [0, 0.05) is 37.4 Å². The van der Waals surface area contributed by atoms with Crippen LogP contribution in [0.5, 0.6) is 0 Å². The average molecular weight is 348 g/mol. The summed E-state index contributed by atoms with van der Waals surface area (Å²) < 4.78 is 33.2. The first-order chi connectivity index (χ1) is 11.5. The Balaban J connectivity index is 1.86. The van der Waals surface area contributed by atoms with Crippen LogP contribution in [0.3, 0.4) is 0 Å². The third-order valence-corrected chi connectivity index (χ3v) is 6.50. The predicted molar refractivity (Wildman–Crippen MR) is 94.5 cm³/mol. The van der Waals surface area contributed by atoms with Gasteiger partial charge < -0.3 is 4.74 Å². The number of benzene rings is 1. The SMILES string of the molecule is CCOCC1CCN(S(=O)(=O)c2cccc3ccc(C)nc23)CC1. The van der Waals surface area contributed by atoms with Crippen LogP contribution in [0, 0.1) is 12.8 Å². The van der Waals surface area contributed by atoms with Gasteiger partial charge in [-0.2, -0.15) is 4.31 Å². The van der Waals surface area contributed by atoms with E-state index in [2.05, 4.69) is 4.98 Å². The van der Waals surface area contributed by atoms with Crippen LogP contribution in [0.4, 0.5) is 0 Å². The summed E-state index contributed by atoms with van der Waals surface area (Å²) in [6, 6.07) is 9.17. The molecule has 0 unspecified atom stereocenters. The van der Waals surface area contributed by atoms with Crippen molar-refractivity contribution in [1.82, 2.24) is 9.29 Å². The number of para-hydroxylation sites is 1. The van der Waals surface area contributed by atoms with Crippen molar-refractivity contribution >= 4 is 20.9 Å². The van der Waals surface area contributed by atoms with E-state index in [9.17, 15) is 8.42 Å². The Hall–Kier alpha value is -1.50. The molecule has 0 bridgehead atoms. The number of aryl methyl sites for hydroxylation is 1. The van der Waals surface area contributed by atoms with Crippen molar-refractivity contribution in [3.05, 3.63) is 36.0 Å². The normalized spacial score (nSPS) is 17.4. The summed E-state index contributed by atoms with van der Waals surface area (Å²) in [6.07, 6.45) is 1.69. The second-order valence-corrected chi connectivity index (χ2v) is 8.19. The van der Waals surface area contributed by atoms with Gasteiger partial charge in [0.1, 0.15) is 4.90 Å². The zero-order chi connectivity index (χ0) is 17.2. The first-order valence-electron chi connectivity index (χ1n) is 8.46. The van der Waals surface area contributed by atoms with Crippen molar-refractivity contribution in [1.29, 1.82) is 0 Å². The highest BCUT2D eigenvalue weighted by molar-refractivity contribution is 7.89. The molecule has 2 aromatic rings. The number of rotatable bonds is 5. The maximum absolute atomic E-state index is 13.1. The molecule has 0 atom stereocenters. The molecule has 6 heteroatoms. The maximum atomic E-state index is 13.1. The fourth-order valence-electron chi connectivity index (χ4n) is 3.17. The molecule has 24 heavy (non-hydrogen) atoms. The van der Waals surface area contributed by atoms with Crippen molar-refractivity contribution in [2.45, 2.75) is 31.6 Å². The first-order valence-corrected chi connectivity index (χ1v) is 9.90. The van der Waals surface area contributed by atoms with Gasteiger partial charge in [-0.15, -0.1) is 0 Å². The van der Waals surface area contributed by atoms with Gasteiger partial charge in [0.15, 0.2) is 0 Å². The van der Waals surface area contributed by atoms with Crippen molar-refractivity contribution in [3.8, 4) is 0 Å². The first kappa shape index (κ1) is 17.3. The number of sulfonamides is 1. The molecule has 1 aromatic heterocycles. The van der Waals surface area contributed by atoms with Gasteiger partial charge in [0.05, 0.1) is 5.52 Å². The summed E-state index contributed by atoms with van der Waals surface area (Å²) in [5.41, 5.74) is 1.38. The average Bonchev–Trinajstić information content (AvgIpc) is 2.59. The fraction of sp³-hybridized carbons (Fsp3) is 0.500. The van der Waals surface area contributed by atoms with Crippen LogP contribution in [0.1, 0.15) is 25.5 Å². The largest absolute Gasteiger partial charge is 0.381 e. The van der Waals surface area contributed by atoms with Gasteiger partial charge in [-0.3, -0.25) is 4.98 Å². The van der Waals surface area contributed by atoms with Crippen molar-refractivity contribution in [3.63, 3.8) is 0 Å². The lowest BCUT2D eigenvalue weighted by Gasteiger charge is -2.31. The predicted octanol–water partition coefficient (Wildman–Crippen LogP) is 2.98.